The van der Waals surface area contributed by atoms with E-state index in [0.29, 0.717) is 12.0 Å². The van der Waals surface area contributed by atoms with E-state index in [1.165, 1.54) is 38.5 Å². The average molecular weight is 197 g/mol. The molecule has 0 amide bonds. The van der Waals surface area contributed by atoms with Crippen molar-refractivity contribution in [3.8, 4) is 0 Å². The summed E-state index contributed by atoms with van der Waals surface area (Å²) in [6.07, 6.45) is 8.83. The minimum atomic E-state index is -0.461. The minimum Gasteiger partial charge on any atom is -0.388 e. The summed E-state index contributed by atoms with van der Waals surface area (Å²) >= 11 is 0. The van der Waals surface area contributed by atoms with Crippen LogP contribution in [-0.2, 0) is 0 Å². The fraction of sp³-hybridized carbons (Fsp3) is 1.00. The normalized spacial score (nSPS) is 34.3. The maximum atomic E-state index is 10.6. The molecule has 0 radical (unpaired) electrons. The van der Waals surface area contributed by atoms with Gasteiger partial charge in [0.25, 0.3) is 0 Å². The first kappa shape index (κ1) is 10.4. The largest absolute Gasteiger partial charge is 0.388 e. The molecule has 2 N–H and O–H groups in total. The molecule has 0 aromatic heterocycles. The van der Waals surface area contributed by atoms with Gasteiger partial charge in [0.2, 0.25) is 0 Å². The summed E-state index contributed by atoms with van der Waals surface area (Å²) in [5, 5.41) is 14.0. The van der Waals surface area contributed by atoms with Gasteiger partial charge < -0.3 is 10.4 Å². The Balaban J connectivity index is 1.97. The van der Waals surface area contributed by atoms with Crippen molar-refractivity contribution < 1.29 is 5.11 Å². The molecular weight excluding hydrogens is 174 g/mol. The van der Waals surface area contributed by atoms with Gasteiger partial charge in [-0.25, -0.2) is 0 Å². The molecule has 2 aliphatic rings. The lowest BCUT2D eigenvalue weighted by Crippen LogP contribution is -2.51. The van der Waals surface area contributed by atoms with Crippen molar-refractivity contribution >= 4 is 0 Å². The van der Waals surface area contributed by atoms with E-state index in [0.717, 1.165) is 13.0 Å². The first-order chi connectivity index (χ1) is 6.71. The Morgan fingerprint density at radius 2 is 1.79 bits per heavy atom. The van der Waals surface area contributed by atoms with Crippen LogP contribution in [0.5, 0.6) is 0 Å². The van der Waals surface area contributed by atoms with E-state index in [1.807, 2.05) is 6.92 Å². The van der Waals surface area contributed by atoms with E-state index < -0.39 is 5.60 Å². The Morgan fingerprint density at radius 1 is 1.07 bits per heavy atom. The van der Waals surface area contributed by atoms with Gasteiger partial charge in [-0.2, -0.15) is 0 Å². The summed E-state index contributed by atoms with van der Waals surface area (Å²) in [5.41, 5.74) is -0.461. The van der Waals surface area contributed by atoms with Crippen LogP contribution in [0.15, 0.2) is 0 Å². The van der Waals surface area contributed by atoms with Gasteiger partial charge >= 0.3 is 0 Å². The van der Waals surface area contributed by atoms with Gasteiger partial charge in [-0.05, 0) is 45.1 Å². The van der Waals surface area contributed by atoms with Crippen molar-refractivity contribution in [2.24, 2.45) is 5.92 Å². The minimum absolute atomic E-state index is 0.352. The lowest BCUT2D eigenvalue weighted by atomic mass is 9.74. The highest BCUT2D eigenvalue weighted by Crippen LogP contribution is 2.36. The van der Waals surface area contributed by atoms with Crippen LogP contribution < -0.4 is 5.32 Å². The highest BCUT2D eigenvalue weighted by Gasteiger charge is 2.40. The second-order valence-electron chi connectivity index (χ2n) is 5.21. The van der Waals surface area contributed by atoms with Gasteiger partial charge in [0.15, 0.2) is 0 Å². The zero-order valence-corrected chi connectivity index (χ0v) is 9.26. The molecule has 0 spiro atoms. The van der Waals surface area contributed by atoms with E-state index in [2.05, 4.69) is 5.32 Å². The first-order valence-corrected chi connectivity index (χ1v) is 6.17. The van der Waals surface area contributed by atoms with Crippen molar-refractivity contribution in [1.29, 1.82) is 0 Å². The maximum Gasteiger partial charge on any atom is 0.0799 e. The monoisotopic (exact) mass is 197 g/mol. The summed E-state index contributed by atoms with van der Waals surface area (Å²) < 4.78 is 0. The van der Waals surface area contributed by atoms with E-state index in [1.54, 1.807) is 0 Å². The van der Waals surface area contributed by atoms with Gasteiger partial charge in [0.05, 0.1) is 5.60 Å². The molecule has 1 aliphatic carbocycles. The summed E-state index contributed by atoms with van der Waals surface area (Å²) in [7, 11) is 0. The van der Waals surface area contributed by atoms with Crippen LogP contribution in [0.25, 0.3) is 0 Å². The lowest BCUT2D eigenvalue weighted by molar-refractivity contribution is -0.0430. The molecule has 2 nitrogen and oxygen atoms in total. The quantitative estimate of drug-likeness (QED) is 0.710. The third-order valence-corrected chi connectivity index (χ3v) is 4.20. The van der Waals surface area contributed by atoms with Crippen LogP contribution in [0, 0.1) is 5.92 Å². The zero-order valence-electron chi connectivity index (χ0n) is 9.26. The average Bonchev–Trinajstić information content (AvgIpc) is 2.72. The molecule has 82 valence electrons. The van der Waals surface area contributed by atoms with Crippen LogP contribution in [0.3, 0.4) is 0 Å². The van der Waals surface area contributed by atoms with Crippen LogP contribution in [-0.4, -0.2) is 23.3 Å². The SMILES string of the molecule is C[C@@](O)(C1CCCCC1)C1CCCN1. The molecule has 14 heavy (non-hydrogen) atoms. The summed E-state index contributed by atoms with van der Waals surface area (Å²) in [4.78, 5) is 0. The molecule has 2 heteroatoms. The molecule has 2 atom stereocenters. The molecule has 1 saturated heterocycles. The fourth-order valence-corrected chi connectivity index (χ4v) is 3.15. The standard InChI is InChI=1S/C12H23NO/c1-12(14,11-8-5-9-13-11)10-6-3-2-4-7-10/h10-11,13-14H,2-9H2,1H3/t11?,12-/m1/s1. The third-order valence-electron chi connectivity index (χ3n) is 4.20. The van der Waals surface area contributed by atoms with Crippen LogP contribution in [0.4, 0.5) is 0 Å². The van der Waals surface area contributed by atoms with Crippen molar-refractivity contribution in [3.05, 3.63) is 0 Å². The lowest BCUT2D eigenvalue weighted by Gasteiger charge is -2.40. The van der Waals surface area contributed by atoms with Crippen molar-refractivity contribution in [3.63, 3.8) is 0 Å². The molecule has 0 aromatic carbocycles. The molecular formula is C12H23NO. The molecule has 0 bridgehead atoms. The number of hydrogen-bond acceptors (Lipinski definition) is 2. The fourth-order valence-electron chi connectivity index (χ4n) is 3.15. The summed E-state index contributed by atoms with van der Waals surface area (Å²) in [5.74, 6) is 0.534. The van der Waals surface area contributed by atoms with Crippen molar-refractivity contribution in [1.82, 2.24) is 5.32 Å². The molecule has 1 aliphatic heterocycles. The third kappa shape index (κ3) is 1.96. The second-order valence-corrected chi connectivity index (χ2v) is 5.21. The van der Waals surface area contributed by atoms with E-state index in [4.69, 9.17) is 0 Å². The Bertz CT molecular complexity index is 179. The molecule has 2 rings (SSSR count). The Labute approximate surface area is 87.1 Å². The van der Waals surface area contributed by atoms with Gasteiger partial charge in [-0.1, -0.05) is 19.3 Å². The van der Waals surface area contributed by atoms with Gasteiger partial charge in [-0.3, -0.25) is 0 Å². The molecule has 1 saturated carbocycles. The summed E-state index contributed by atoms with van der Waals surface area (Å²) in [6.45, 7) is 3.14. The number of nitrogens with one attached hydrogen (secondary N) is 1. The van der Waals surface area contributed by atoms with Crippen LogP contribution in [0.2, 0.25) is 0 Å². The van der Waals surface area contributed by atoms with Gasteiger partial charge in [-0.15, -0.1) is 0 Å². The van der Waals surface area contributed by atoms with E-state index in [-0.39, 0.29) is 0 Å². The Hall–Kier alpha value is -0.0800. The molecule has 1 unspecified atom stereocenters. The Kier molecular flexibility index (Phi) is 3.13. The Morgan fingerprint density at radius 3 is 2.36 bits per heavy atom. The number of aliphatic hydroxyl groups is 1. The number of rotatable bonds is 2. The van der Waals surface area contributed by atoms with Crippen LogP contribution >= 0.6 is 0 Å². The van der Waals surface area contributed by atoms with Gasteiger partial charge in [0, 0.05) is 6.04 Å². The highest BCUT2D eigenvalue weighted by atomic mass is 16.3. The van der Waals surface area contributed by atoms with Crippen molar-refractivity contribution in [2.45, 2.75) is 63.5 Å². The predicted molar refractivity (Wildman–Crippen MR) is 58.2 cm³/mol. The molecule has 1 heterocycles. The maximum absolute atomic E-state index is 10.6. The zero-order chi connectivity index (χ0) is 10.0. The predicted octanol–water partition coefficient (Wildman–Crippen LogP) is 2.07. The topological polar surface area (TPSA) is 32.3 Å². The number of hydrogen-bond donors (Lipinski definition) is 2. The second kappa shape index (κ2) is 4.19. The smallest absolute Gasteiger partial charge is 0.0799 e. The molecule has 2 fully saturated rings. The van der Waals surface area contributed by atoms with Gasteiger partial charge in [0.1, 0.15) is 0 Å². The first-order valence-electron chi connectivity index (χ1n) is 6.17. The van der Waals surface area contributed by atoms with E-state index in [9.17, 15) is 5.11 Å². The van der Waals surface area contributed by atoms with E-state index >= 15 is 0 Å². The summed E-state index contributed by atoms with van der Waals surface area (Å²) in [6, 6.07) is 0.352. The van der Waals surface area contributed by atoms with Crippen molar-refractivity contribution in [2.75, 3.05) is 6.54 Å². The highest BCUT2D eigenvalue weighted by molar-refractivity contribution is 4.96. The van der Waals surface area contributed by atoms with Crippen LogP contribution in [0.1, 0.15) is 51.9 Å². The molecule has 0 aromatic rings.